The number of nitrogens with zero attached hydrogens (tertiary/aromatic N) is 4. The van der Waals surface area contributed by atoms with Crippen LogP contribution in [-0.4, -0.2) is 60.1 Å². The number of thiazole rings is 1. The Morgan fingerprint density at radius 2 is 2.03 bits per heavy atom. The summed E-state index contributed by atoms with van der Waals surface area (Å²) >= 11 is 1.64. The highest BCUT2D eigenvalue weighted by molar-refractivity contribution is 14.0. The fourth-order valence-electron chi connectivity index (χ4n) is 3.84. The second-order valence-corrected chi connectivity index (χ2v) is 8.48. The highest BCUT2D eigenvalue weighted by Crippen LogP contribution is 2.24. The van der Waals surface area contributed by atoms with Crippen molar-refractivity contribution in [3.8, 4) is 11.5 Å². The van der Waals surface area contributed by atoms with Crippen molar-refractivity contribution in [3.05, 3.63) is 47.2 Å². The second-order valence-electron chi connectivity index (χ2n) is 7.61. The standard InChI is InChI=1S/C22H30N6O2S.HI/c1-4-23-21(24-12-18-15-28-7-8-31-22(28)26-18)25-17-5-6-27(14-17)13-16-9-19(29-2)11-20(10-16)30-3;/h7-11,15,17H,4-6,12-14H2,1-3H3,(H2,23,24,25);1H. The number of methoxy groups -OCH3 is 2. The predicted octanol–water partition coefficient (Wildman–Crippen LogP) is 3.36. The van der Waals surface area contributed by atoms with Gasteiger partial charge in [0.05, 0.1) is 26.5 Å². The van der Waals surface area contributed by atoms with Crippen molar-refractivity contribution >= 4 is 46.2 Å². The third kappa shape index (κ3) is 6.26. The van der Waals surface area contributed by atoms with Crippen molar-refractivity contribution in [3.63, 3.8) is 0 Å². The van der Waals surface area contributed by atoms with Gasteiger partial charge in [-0.25, -0.2) is 9.98 Å². The summed E-state index contributed by atoms with van der Waals surface area (Å²) in [4.78, 5) is 12.8. The molecule has 0 radical (unpaired) electrons. The van der Waals surface area contributed by atoms with E-state index in [1.807, 2.05) is 28.2 Å². The van der Waals surface area contributed by atoms with Crippen LogP contribution in [0.1, 0.15) is 24.6 Å². The number of benzene rings is 1. The molecule has 0 spiro atoms. The van der Waals surface area contributed by atoms with Gasteiger partial charge in [-0.3, -0.25) is 9.30 Å². The van der Waals surface area contributed by atoms with Crippen LogP contribution in [0.5, 0.6) is 11.5 Å². The van der Waals surface area contributed by atoms with E-state index < -0.39 is 0 Å². The molecule has 0 amide bonds. The molecular weight excluding hydrogens is 539 g/mol. The molecule has 1 aliphatic heterocycles. The molecule has 0 aliphatic carbocycles. The zero-order chi connectivity index (χ0) is 21.6. The Hall–Kier alpha value is -2.05. The van der Waals surface area contributed by atoms with Crippen molar-refractivity contribution in [2.75, 3.05) is 33.9 Å². The first-order chi connectivity index (χ1) is 15.2. The molecule has 0 bridgehead atoms. The van der Waals surface area contributed by atoms with Gasteiger partial charge < -0.3 is 20.1 Å². The minimum atomic E-state index is 0. The van der Waals surface area contributed by atoms with Crippen LogP contribution in [0.4, 0.5) is 0 Å². The van der Waals surface area contributed by atoms with Gasteiger partial charge in [0.1, 0.15) is 11.5 Å². The minimum absolute atomic E-state index is 0. The lowest BCUT2D eigenvalue weighted by Crippen LogP contribution is -2.44. The van der Waals surface area contributed by atoms with Gasteiger partial charge in [-0.05, 0) is 31.0 Å². The highest BCUT2D eigenvalue weighted by Gasteiger charge is 2.23. The molecule has 3 aromatic rings. The van der Waals surface area contributed by atoms with Crippen molar-refractivity contribution < 1.29 is 9.47 Å². The van der Waals surface area contributed by atoms with Crippen molar-refractivity contribution in [1.29, 1.82) is 0 Å². The van der Waals surface area contributed by atoms with Gasteiger partial charge in [-0.2, -0.15) is 0 Å². The summed E-state index contributed by atoms with van der Waals surface area (Å²) in [5.41, 5.74) is 2.17. The van der Waals surface area contributed by atoms with Crippen molar-refractivity contribution in [2.45, 2.75) is 32.5 Å². The summed E-state index contributed by atoms with van der Waals surface area (Å²) in [6.07, 6.45) is 5.14. The predicted molar refractivity (Wildman–Crippen MR) is 140 cm³/mol. The minimum Gasteiger partial charge on any atom is -0.497 e. The van der Waals surface area contributed by atoms with Crippen LogP contribution in [0.25, 0.3) is 4.96 Å². The van der Waals surface area contributed by atoms with Gasteiger partial charge >= 0.3 is 0 Å². The second kappa shape index (κ2) is 11.7. The normalized spacial score (nSPS) is 16.7. The molecule has 2 aromatic heterocycles. The average Bonchev–Trinajstić information content (AvgIpc) is 3.48. The first-order valence-corrected chi connectivity index (χ1v) is 11.4. The summed E-state index contributed by atoms with van der Waals surface area (Å²) in [7, 11) is 3.37. The molecule has 0 saturated carbocycles. The number of hydrogen-bond donors (Lipinski definition) is 2. The van der Waals surface area contributed by atoms with Crippen LogP contribution < -0.4 is 20.1 Å². The Morgan fingerprint density at radius 1 is 1.25 bits per heavy atom. The number of aliphatic imine (C=N–C) groups is 1. The van der Waals surface area contributed by atoms with Crippen LogP contribution in [0.2, 0.25) is 0 Å². The van der Waals surface area contributed by atoms with E-state index in [9.17, 15) is 0 Å². The summed E-state index contributed by atoms with van der Waals surface area (Å²) in [5.74, 6) is 2.49. The quantitative estimate of drug-likeness (QED) is 0.246. The monoisotopic (exact) mass is 570 g/mol. The molecule has 1 atom stereocenters. The van der Waals surface area contributed by atoms with E-state index in [0.717, 1.165) is 60.7 Å². The van der Waals surface area contributed by atoms with E-state index >= 15 is 0 Å². The van der Waals surface area contributed by atoms with Crippen LogP contribution in [0, 0.1) is 0 Å². The van der Waals surface area contributed by atoms with Crippen molar-refractivity contribution in [1.82, 2.24) is 24.9 Å². The third-order valence-electron chi connectivity index (χ3n) is 5.32. The van der Waals surface area contributed by atoms with Gasteiger partial charge in [-0.1, -0.05) is 0 Å². The Balaban J connectivity index is 0.00000289. The molecule has 3 heterocycles. The maximum atomic E-state index is 5.40. The first kappa shape index (κ1) is 24.6. The third-order valence-corrected chi connectivity index (χ3v) is 6.09. The summed E-state index contributed by atoms with van der Waals surface area (Å²) in [5, 5.41) is 8.98. The van der Waals surface area contributed by atoms with E-state index in [-0.39, 0.29) is 24.0 Å². The molecule has 1 fully saturated rings. The molecule has 4 rings (SSSR count). The van der Waals surface area contributed by atoms with Gasteiger partial charge in [-0.15, -0.1) is 35.3 Å². The van der Waals surface area contributed by atoms with Gasteiger partial charge in [0.2, 0.25) is 0 Å². The number of fused-ring (bicyclic) bond motifs is 1. The molecule has 32 heavy (non-hydrogen) atoms. The lowest BCUT2D eigenvalue weighted by molar-refractivity contribution is 0.321. The van der Waals surface area contributed by atoms with Crippen LogP contribution in [0.15, 0.2) is 41.0 Å². The Labute approximate surface area is 210 Å². The first-order valence-electron chi connectivity index (χ1n) is 10.6. The Kier molecular flexibility index (Phi) is 9.00. The van der Waals surface area contributed by atoms with E-state index in [2.05, 4.69) is 39.6 Å². The van der Waals surface area contributed by atoms with E-state index in [1.165, 1.54) is 5.56 Å². The van der Waals surface area contributed by atoms with Gasteiger partial charge in [0.15, 0.2) is 10.9 Å². The Morgan fingerprint density at radius 3 is 2.72 bits per heavy atom. The number of rotatable bonds is 8. The average molecular weight is 571 g/mol. The summed E-state index contributed by atoms with van der Waals surface area (Å²) < 4.78 is 12.8. The molecule has 2 N–H and O–H groups in total. The smallest absolute Gasteiger partial charge is 0.193 e. The SMILES string of the molecule is CCNC(=NCc1cn2ccsc2n1)NC1CCN(Cc2cc(OC)cc(OC)c2)C1.I. The number of aromatic nitrogens is 2. The van der Waals surface area contributed by atoms with Crippen LogP contribution >= 0.6 is 35.3 Å². The summed E-state index contributed by atoms with van der Waals surface area (Å²) in [6, 6.07) is 6.41. The van der Waals surface area contributed by atoms with Crippen LogP contribution in [-0.2, 0) is 13.1 Å². The molecule has 1 saturated heterocycles. The lowest BCUT2D eigenvalue weighted by atomic mass is 10.2. The van der Waals surface area contributed by atoms with Gasteiger partial charge in [0, 0.05) is 56.1 Å². The van der Waals surface area contributed by atoms with E-state index in [4.69, 9.17) is 14.5 Å². The zero-order valence-electron chi connectivity index (χ0n) is 18.7. The molecule has 174 valence electrons. The molecule has 8 nitrogen and oxygen atoms in total. The topological polar surface area (TPSA) is 75.4 Å². The summed E-state index contributed by atoms with van der Waals surface area (Å²) in [6.45, 7) is 6.33. The zero-order valence-corrected chi connectivity index (χ0v) is 21.9. The molecule has 1 aliphatic rings. The van der Waals surface area contributed by atoms with Crippen LogP contribution in [0.3, 0.4) is 0 Å². The lowest BCUT2D eigenvalue weighted by Gasteiger charge is -2.19. The largest absolute Gasteiger partial charge is 0.497 e. The number of halogens is 1. The molecule has 10 heteroatoms. The maximum Gasteiger partial charge on any atom is 0.193 e. The number of nitrogens with one attached hydrogen (secondary N) is 2. The van der Waals surface area contributed by atoms with Crippen molar-refractivity contribution in [2.24, 2.45) is 4.99 Å². The van der Waals surface area contributed by atoms with Gasteiger partial charge in [0.25, 0.3) is 0 Å². The van der Waals surface area contributed by atoms with E-state index in [0.29, 0.717) is 12.6 Å². The number of imidazole rings is 1. The molecule has 1 unspecified atom stereocenters. The molecule has 1 aromatic carbocycles. The Bertz CT molecular complexity index is 986. The highest BCUT2D eigenvalue weighted by atomic mass is 127. The number of hydrogen-bond acceptors (Lipinski definition) is 6. The number of likely N-dealkylation sites (tertiary alicyclic amines) is 1. The fraction of sp³-hybridized carbons (Fsp3) is 0.455. The molecular formula is C22H31IN6O2S. The van der Waals surface area contributed by atoms with E-state index in [1.54, 1.807) is 25.6 Å². The number of ether oxygens (including phenoxy) is 2. The number of guanidine groups is 1. The maximum absolute atomic E-state index is 5.40. The fourth-order valence-corrected chi connectivity index (χ4v) is 4.55.